The molecule has 0 aliphatic carbocycles. The third-order valence-corrected chi connectivity index (χ3v) is 4.87. The van der Waals surface area contributed by atoms with Crippen LogP contribution in [-0.2, 0) is 13.1 Å². The maximum atomic E-state index is 5.98. The molecule has 0 amide bonds. The molecule has 0 spiro atoms. The zero-order valence-electron chi connectivity index (χ0n) is 14.2. The van der Waals surface area contributed by atoms with Crippen molar-refractivity contribution in [2.24, 2.45) is 5.73 Å². The first-order valence-corrected chi connectivity index (χ1v) is 8.64. The van der Waals surface area contributed by atoms with E-state index in [1.165, 1.54) is 22.2 Å². The predicted molar refractivity (Wildman–Crippen MR) is 97.9 cm³/mol. The Bertz CT molecular complexity index is 834. The number of rotatable bonds is 4. The number of benzene rings is 2. The number of nitrogens with two attached hydrogens (primary N) is 1. The van der Waals surface area contributed by atoms with Crippen molar-refractivity contribution >= 4 is 11.0 Å². The maximum absolute atomic E-state index is 5.98. The summed E-state index contributed by atoms with van der Waals surface area (Å²) in [6, 6.07) is 15.7. The Balaban J connectivity index is 1.47. The predicted octanol–water partition coefficient (Wildman–Crippen LogP) is 2.93. The second-order valence-electron chi connectivity index (χ2n) is 6.97. The molecule has 2 aromatic carbocycles. The van der Waals surface area contributed by atoms with Gasteiger partial charge in [0.2, 0.25) is 0 Å². The first-order chi connectivity index (χ1) is 11.7. The quantitative estimate of drug-likeness (QED) is 0.804. The summed E-state index contributed by atoms with van der Waals surface area (Å²) in [5.74, 6) is 0. The molecule has 1 atom stereocenters. The van der Waals surface area contributed by atoms with Gasteiger partial charge >= 0.3 is 0 Å². The van der Waals surface area contributed by atoms with Crippen LogP contribution in [0, 0.1) is 6.92 Å². The van der Waals surface area contributed by atoms with Gasteiger partial charge in [-0.15, -0.1) is 0 Å². The van der Waals surface area contributed by atoms with Crippen LogP contribution in [0.3, 0.4) is 0 Å². The average Bonchev–Trinajstić information content (AvgIpc) is 3.16. The molecule has 2 heterocycles. The summed E-state index contributed by atoms with van der Waals surface area (Å²) in [5, 5.41) is 0. The van der Waals surface area contributed by atoms with E-state index in [1.807, 2.05) is 6.33 Å². The molecular weight excluding hydrogens is 296 g/mol. The maximum Gasteiger partial charge on any atom is 0.0961 e. The molecule has 1 saturated heterocycles. The lowest BCUT2D eigenvalue weighted by Crippen LogP contribution is -2.26. The van der Waals surface area contributed by atoms with Gasteiger partial charge in [0.15, 0.2) is 0 Å². The van der Waals surface area contributed by atoms with Crippen molar-refractivity contribution in [2.45, 2.75) is 32.5 Å². The van der Waals surface area contributed by atoms with Crippen LogP contribution >= 0.6 is 0 Å². The molecule has 0 bridgehead atoms. The topological polar surface area (TPSA) is 47.1 Å². The largest absolute Gasteiger partial charge is 0.326 e. The molecule has 3 aromatic rings. The smallest absolute Gasteiger partial charge is 0.0961 e. The van der Waals surface area contributed by atoms with Gasteiger partial charge in [-0.1, -0.05) is 30.3 Å². The van der Waals surface area contributed by atoms with Gasteiger partial charge in [0.1, 0.15) is 0 Å². The first kappa shape index (κ1) is 15.4. The molecule has 2 N–H and O–H groups in total. The van der Waals surface area contributed by atoms with Crippen molar-refractivity contribution in [3.05, 3.63) is 65.5 Å². The molecule has 0 radical (unpaired) electrons. The molecule has 4 nitrogen and oxygen atoms in total. The molecule has 1 aromatic heterocycles. The standard InChI is InChI=1S/C20H24N4/c1-15-2-7-19-20(10-15)24(14-22-19)12-17-5-3-16(4-6-17)11-23-9-8-18(21)13-23/h2-7,10,14,18H,8-9,11-13,21H2,1H3. The Labute approximate surface area is 142 Å². The van der Waals surface area contributed by atoms with Gasteiger partial charge in [-0.2, -0.15) is 0 Å². The van der Waals surface area contributed by atoms with Gasteiger partial charge in [-0.25, -0.2) is 4.98 Å². The summed E-state index contributed by atoms with van der Waals surface area (Å²) in [4.78, 5) is 6.93. The number of aromatic nitrogens is 2. The molecule has 1 aliphatic heterocycles. The van der Waals surface area contributed by atoms with E-state index < -0.39 is 0 Å². The highest BCUT2D eigenvalue weighted by atomic mass is 15.2. The number of hydrogen-bond donors (Lipinski definition) is 1. The van der Waals surface area contributed by atoms with Crippen LogP contribution in [0.15, 0.2) is 48.8 Å². The molecule has 1 fully saturated rings. The number of imidazole rings is 1. The van der Waals surface area contributed by atoms with Gasteiger partial charge in [0, 0.05) is 32.2 Å². The van der Waals surface area contributed by atoms with Crippen LogP contribution in [0.5, 0.6) is 0 Å². The van der Waals surface area contributed by atoms with E-state index in [0.29, 0.717) is 6.04 Å². The molecule has 4 rings (SSSR count). The summed E-state index contributed by atoms with van der Waals surface area (Å²) in [5.41, 5.74) is 12.2. The minimum absolute atomic E-state index is 0.349. The SMILES string of the molecule is Cc1ccc2ncn(Cc3ccc(CN4CCC(N)C4)cc3)c2c1. The van der Waals surface area contributed by atoms with Crippen LogP contribution in [0.4, 0.5) is 0 Å². The molecule has 1 unspecified atom stereocenters. The normalized spacial score (nSPS) is 18.5. The number of fused-ring (bicyclic) bond motifs is 1. The Morgan fingerprint density at radius 2 is 1.83 bits per heavy atom. The number of hydrogen-bond acceptors (Lipinski definition) is 3. The fourth-order valence-electron chi connectivity index (χ4n) is 3.50. The van der Waals surface area contributed by atoms with E-state index in [9.17, 15) is 0 Å². The van der Waals surface area contributed by atoms with E-state index in [1.54, 1.807) is 0 Å². The van der Waals surface area contributed by atoms with Gasteiger partial charge in [-0.3, -0.25) is 4.90 Å². The minimum Gasteiger partial charge on any atom is -0.326 e. The Kier molecular flexibility index (Phi) is 4.08. The summed E-state index contributed by atoms with van der Waals surface area (Å²) >= 11 is 0. The van der Waals surface area contributed by atoms with Gasteiger partial charge in [0.05, 0.1) is 17.4 Å². The third kappa shape index (κ3) is 3.21. The van der Waals surface area contributed by atoms with Crippen molar-refractivity contribution in [1.29, 1.82) is 0 Å². The van der Waals surface area contributed by atoms with Gasteiger partial charge in [-0.05, 0) is 42.2 Å². The van der Waals surface area contributed by atoms with Gasteiger partial charge < -0.3 is 10.3 Å². The highest BCUT2D eigenvalue weighted by Crippen LogP contribution is 2.17. The van der Waals surface area contributed by atoms with E-state index in [-0.39, 0.29) is 0 Å². The Morgan fingerprint density at radius 3 is 2.54 bits per heavy atom. The zero-order valence-corrected chi connectivity index (χ0v) is 14.2. The van der Waals surface area contributed by atoms with Crippen LogP contribution in [-0.4, -0.2) is 33.6 Å². The Hall–Kier alpha value is -2.17. The number of nitrogens with zero attached hydrogens (tertiary/aromatic N) is 3. The van der Waals surface area contributed by atoms with Crippen LogP contribution < -0.4 is 5.73 Å². The number of likely N-dealkylation sites (tertiary alicyclic amines) is 1. The summed E-state index contributed by atoms with van der Waals surface area (Å²) in [6.45, 7) is 6.11. The Morgan fingerprint density at radius 1 is 1.08 bits per heavy atom. The lowest BCUT2D eigenvalue weighted by Gasteiger charge is -2.15. The molecule has 0 saturated carbocycles. The molecular formula is C20H24N4. The number of aryl methyl sites for hydroxylation is 1. The fraction of sp³-hybridized carbons (Fsp3) is 0.350. The first-order valence-electron chi connectivity index (χ1n) is 8.64. The van der Waals surface area contributed by atoms with Crippen LogP contribution in [0.2, 0.25) is 0 Å². The van der Waals surface area contributed by atoms with Crippen molar-refractivity contribution in [2.75, 3.05) is 13.1 Å². The van der Waals surface area contributed by atoms with E-state index in [2.05, 4.69) is 63.8 Å². The van der Waals surface area contributed by atoms with Crippen molar-refractivity contribution in [1.82, 2.24) is 14.5 Å². The summed E-state index contributed by atoms with van der Waals surface area (Å²) in [7, 11) is 0. The lowest BCUT2D eigenvalue weighted by molar-refractivity contribution is 0.327. The third-order valence-electron chi connectivity index (χ3n) is 4.87. The van der Waals surface area contributed by atoms with Crippen LogP contribution in [0.25, 0.3) is 11.0 Å². The fourth-order valence-corrected chi connectivity index (χ4v) is 3.50. The summed E-state index contributed by atoms with van der Waals surface area (Å²) in [6.07, 6.45) is 3.05. The van der Waals surface area contributed by atoms with Gasteiger partial charge in [0.25, 0.3) is 0 Å². The van der Waals surface area contributed by atoms with Crippen LogP contribution in [0.1, 0.15) is 23.1 Å². The molecule has 1 aliphatic rings. The van der Waals surface area contributed by atoms with Crippen molar-refractivity contribution in [3.63, 3.8) is 0 Å². The van der Waals surface area contributed by atoms with Crippen molar-refractivity contribution < 1.29 is 0 Å². The monoisotopic (exact) mass is 320 g/mol. The second-order valence-corrected chi connectivity index (χ2v) is 6.97. The minimum atomic E-state index is 0.349. The van der Waals surface area contributed by atoms with Crippen molar-refractivity contribution in [3.8, 4) is 0 Å². The molecule has 124 valence electrons. The molecule has 4 heteroatoms. The van der Waals surface area contributed by atoms with E-state index >= 15 is 0 Å². The highest BCUT2D eigenvalue weighted by molar-refractivity contribution is 5.76. The van der Waals surface area contributed by atoms with E-state index in [0.717, 1.165) is 38.1 Å². The van der Waals surface area contributed by atoms with E-state index in [4.69, 9.17) is 5.73 Å². The second kappa shape index (κ2) is 6.38. The highest BCUT2D eigenvalue weighted by Gasteiger charge is 2.18. The lowest BCUT2D eigenvalue weighted by atomic mass is 10.1. The molecule has 24 heavy (non-hydrogen) atoms. The zero-order chi connectivity index (χ0) is 16.5. The average molecular weight is 320 g/mol. The summed E-state index contributed by atoms with van der Waals surface area (Å²) < 4.78 is 2.22.